The zero-order valence-electron chi connectivity index (χ0n) is 12.8. The molecule has 0 radical (unpaired) electrons. The molecular weight excluding hydrogens is 309 g/mol. The van der Waals surface area contributed by atoms with E-state index in [0.29, 0.717) is 17.2 Å². The standard InChI is InChI=1S/C17H14FN5O/c1-22-10-15(19-11-22)12-8-17(16-6-7-20-23(16)9-12)24-14-4-2-13(21-18)3-5-14/h2-11,21H,1H3. The molecule has 0 unspecified atom stereocenters. The molecule has 0 aliphatic heterocycles. The molecule has 0 spiro atoms. The SMILES string of the molecule is Cn1cnc(-c2cc(Oc3ccc(NF)cc3)c3ccnn3c2)c1. The fourth-order valence-electron chi connectivity index (χ4n) is 2.49. The number of imidazole rings is 1. The third kappa shape index (κ3) is 2.56. The molecule has 24 heavy (non-hydrogen) atoms. The molecule has 0 fully saturated rings. The van der Waals surface area contributed by atoms with Gasteiger partial charge in [0.2, 0.25) is 0 Å². The highest BCUT2D eigenvalue weighted by Gasteiger charge is 2.10. The van der Waals surface area contributed by atoms with Crippen molar-refractivity contribution in [1.29, 1.82) is 0 Å². The number of nitrogens with one attached hydrogen (secondary N) is 1. The quantitative estimate of drug-likeness (QED) is 0.580. The molecule has 0 bridgehead atoms. The first-order valence-corrected chi connectivity index (χ1v) is 7.33. The molecule has 4 aromatic rings. The monoisotopic (exact) mass is 323 g/mol. The fraction of sp³-hybridized carbons (Fsp3) is 0.0588. The van der Waals surface area contributed by atoms with E-state index < -0.39 is 0 Å². The normalized spacial score (nSPS) is 10.9. The molecule has 6 nitrogen and oxygen atoms in total. The van der Waals surface area contributed by atoms with Crippen molar-refractivity contribution >= 4 is 11.2 Å². The number of hydrogen-bond acceptors (Lipinski definition) is 4. The molecular formula is C17H14FN5O. The van der Waals surface area contributed by atoms with Crippen LogP contribution in [0.25, 0.3) is 16.8 Å². The third-order valence-corrected chi connectivity index (χ3v) is 3.66. The summed E-state index contributed by atoms with van der Waals surface area (Å²) in [5.41, 5.74) is 4.53. The maximum absolute atomic E-state index is 12.4. The minimum absolute atomic E-state index is 0.374. The Morgan fingerprint density at radius 1 is 1.12 bits per heavy atom. The molecule has 0 aliphatic carbocycles. The lowest BCUT2D eigenvalue weighted by molar-refractivity contribution is 0.485. The number of pyridine rings is 1. The number of hydrogen-bond donors (Lipinski definition) is 1. The van der Waals surface area contributed by atoms with Crippen LogP contribution in [0, 0.1) is 0 Å². The van der Waals surface area contributed by atoms with E-state index in [1.807, 2.05) is 36.1 Å². The van der Waals surface area contributed by atoms with Crippen LogP contribution in [-0.2, 0) is 7.05 Å². The molecule has 120 valence electrons. The molecule has 0 atom stereocenters. The highest BCUT2D eigenvalue weighted by atomic mass is 19.2. The van der Waals surface area contributed by atoms with E-state index in [0.717, 1.165) is 16.8 Å². The summed E-state index contributed by atoms with van der Waals surface area (Å²) in [4.78, 5) is 4.36. The van der Waals surface area contributed by atoms with Gasteiger partial charge >= 0.3 is 0 Å². The van der Waals surface area contributed by atoms with Crippen LogP contribution in [0.3, 0.4) is 0 Å². The zero-order chi connectivity index (χ0) is 16.5. The lowest BCUT2D eigenvalue weighted by Crippen LogP contribution is -1.94. The first kappa shape index (κ1) is 14.3. The predicted molar refractivity (Wildman–Crippen MR) is 88.6 cm³/mol. The van der Waals surface area contributed by atoms with Crippen LogP contribution in [0.1, 0.15) is 0 Å². The van der Waals surface area contributed by atoms with E-state index in [-0.39, 0.29) is 0 Å². The molecule has 0 amide bonds. The molecule has 1 aromatic carbocycles. The molecule has 4 rings (SSSR count). The summed E-state index contributed by atoms with van der Waals surface area (Å²) in [6.45, 7) is 0. The van der Waals surface area contributed by atoms with E-state index >= 15 is 0 Å². The summed E-state index contributed by atoms with van der Waals surface area (Å²) in [5, 5.41) is 4.28. The van der Waals surface area contributed by atoms with Crippen molar-refractivity contribution < 1.29 is 9.22 Å². The second-order valence-corrected chi connectivity index (χ2v) is 5.40. The van der Waals surface area contributed by atoms with Gasteiger partial charge in [-0.25, -0.2) is 15.0 Å². The number of anilines is 1. The molecule has 3 aromatic heterocycles. The molecule has 7 heteroatoms. The topological polar surface area (TPSA) is 56.4 Å². The molecule has 0 aliphatic rings. The van der Waals surface area contributed by atoms with Gasteiger partial charge in [-0.05, 0) is 36.4 Å². The first-order chi connectivity index (χ1) is 11.7. The summed E-state index contributed by atoms with van der Waals surface area (Å²) >= 11 is 0. The Morgan fingerprint density at radius 2 is 1.96 bits per heavy atom. The van der Waals surface area contributed by atoms with Crippen LogP contribution in [-0.4, -0.2) is 19.2 Å². The Balaban J connectivity index is 1.76. The van der Waals surface area contributed by atoms with Crippen molar-refractivity contribution in [1.82, 2.24) is 19.2 Å². The minimum Gasteiger partial charge on any atom is -0.455 e. The van der Waals surface area contributed by atoms with E-state index in [1.54, 1.807) is 46.8 Å². The Morgan fingerprint density at radius 3 is 2.67 bits per heavy atom. The maximum atomic E-state index is 12.4. The lowest BCUT2D eigenvalue weighted by atomic mass is 10.2. The Hall–Kier alpha value is -3.35. The molecule has 0 saturated heterocycles. The summed E-state index contributed by atoms with van der Waals surface area (Å²) < 4.78 is 22.0. The number of halogens is 1. The fourth-order valence-corrected chi connectivity index (χ4v) is 2.49. The van der Waals surface area contributed by atoms with Gasteiger partial charge < -0.3 is 9.30 Å². The number of aryl methyl sites for hydroxylation is 1. The molecule has 3 heterocycles. The number of nitrogens with zero attached hydrogens (tertiary/aromatic N) is 4. The third-order valence-electron chi connectivity index (χ3n) is 3.66. The summed E-state index contributed by atoms with van der Waals surface area (Å²) in [6.07, 6.45) is 7.28. The Labute approximate surface area is 137 Å². The number of benzene rings is 1. The van der Waals surface area contributed by atoms with Crippen LogP contribution in [0.15, 0.2) is 61.3 Å². The van der Waals surface area contributed by atoms with Crippen molar-refractivity contribution in [2.24, 2.45) is 7.05 Å². The first-order valence-electron chi connectivity index (χ1n) is 7.33. The van der Waals surface area contributed by atoms with Gasteiger partial charge in [0.15, 0.2) is 5.75 Å². The van der Waals surface area contributed by atoms with E-state index in [1.165, 1.54) is 0 Å². The van der Waals surface area contributed by atoms with Crippen LogP contribution in [0.2, 0.25) is 0 Å². The number of rotatable bonds is 4. The van der Waals surface area contributed by atoms with Crippen LogP contribution < -0.4 is 10.3 Å². The van der Waals surface area contributed by atoms with Crippen LogP contribution in [0.5, 0.6) is 11.5 Å². The van der Waals surface area contributed by atoms with Gasteiger partial charge in [0.1, 0.15) is 11.3 Å². The largest absolute Gasteiger partial charge is 0.455 e. The van der Waals surface area contributed by atoms with E-state index in [9.17, 15) is 4.48 Å². The molecule has 1 N–H and O–H groups in total. The van der Waals surface area contributed by atoms with Crippen molar-refractivity contribution in [3.8, 4) is 22.8 Å². The number of fused-ring (bicyclic) bond motifs is 1. The van der Waals surface area contributed by atoms with Crippen molar-refractivity contribution in [3.63, 3.8) is 0 Å². The molecule has 0 saturated carbocycles. The van der Waals surface area contributed by atoms with Crippen molar-refractivity contribution in [2.45, 2.75) is 0 Å². The number of aromatic nitrogens is 4. The maximum Gasteiger partial charge on any atom is 0.153 e. The van der Waals surface area contributed by atoms with E-state index in [4.69, 9.17) is 4.74 Å². The lowest BCUT2D eigenvalue weighted by Gasteiger charge is -2.10. The predicted octanol–water partition coefficient (Wildman–Crippen LogP) is 3.82. The average Bonchev–Trinajstić information content (AvgIpc) is 3.24. The van der Waals surface area contributed by atoms with Gasteiger partial charge in [-0.15, -0.1) is 4.48 Å². The zero-order valence-corrected chi connectivity index (χ0v) is 12.8. The Kier molecular flexibility index (Phi) is 3.38. The average molecular weight is 323 g/mol. The van der Waals surface area contributed by atoms with Gasteiger partial charge in [-0.1, -0.05) is 0 Å². The van der Waals surface area contributed by atoms with Gasteiger partial charge in [0.25, 0.3) is 0 Å². The van der Waals surface area contributed by atoms with Gasteiger partial charge in [0.05, 0.1) is 23.9 Å². The summed E-state index contributed by atoms with van der Waals surface area (Å²) in [5.74, 6) is 1.26. The second kappa shape index (κ2) is 5.69. The highest BCUT2D eigenvalue weighted by Crippen LogP contribution is 2.31. The van der Waals surface area contributed by atoms with Gasteiger partial charge in [-0.2, -0.15) is 5.10 Å². The Bertz CT molecular complexity index is 990. The van der Waals surface area contributed by atoms with Crippen LogP contribution >= 0.6 is 0 Å². The van der Waals surface area contributed by atoms with Gasteiger partial charge in [0, 0.05) is 25.0 Å². The summed E-state index contributed by atoms with van der Waals surface area (Å²) in [7, 11) is 1.92. The van der Waals surface area contributed by atoms with E-state index in [2.05, 4.69) is 10.1 Å². The van der Waals surface area contributed by atoms with Crippen LogP contribution in [0.4, 0.5) is 10.2 Å². The smallest absolute Gasteiger partial charge is 0.153 e. The second-order valence-electron chi connectivity index (χ2n) is 5.40. The van der Waals surface area contributed by atoms with Gasteiger partial charge in [-0.3, -0.25) is 0 Å². The minimum atomic E-state index is 0.374. The van der Waals surface area contributed by atoms with Crippen molar-refractivity contribution in [2.75, 3.05) is 5.54 Å². The highest BCUT2D eigenvalue weighted by molar-refractivity contribution is 5.69. The van der Waals surface area contributed by atoms with Crippen molar-refractivity contribution in [3.05, 3.63) is 61.3 Å². The summed E-state index contributed by atoms with van der Waals surface area (Å²) in [6, 6.07) is 10.4. The number of ether oxygens (including phenoxy) is 1.